The first-order valence-corrected chi connectivity index (χ1v) is 2.30. The molecule has 1 aliphatic rings. The van der Waals surface area contributed by atoms with Gasteiger partial charge in [0.05, 0.1) is 0 Å². The second-order valence-corrected chi connectivity index (χ2v) is 1.41. The maximum atomic E-state index is 4.48. The number of rotatable bonds is 0. The minimum Gasteiger partial charge on any atom is -0.293 e. The largest absolute Gasteiger partial charge is 0.293 e. The Labute approximate surface area is 26.3 Å². The second-order valence-electron chi connectivity index (χ2n) is 0.568. The molecule has 1 fully saturated rings. The quantitative estimate of drug-likeness (QED) is 0.413. The Morgan fingerprint density at radius 2 is 2.25 bits per heavy atom. The van der Waals surface area contributed by atoms with Crippen molar-refractivity contribution < 1.29 is 4.84 Å². The molecule has 0 amide bonds. The van der Waals surface area contributed by atoms with Gasteiger partial charge < -0.3 is 0 Å². The van der Waals surface area contributed by atoms with Gasteiger partial charge in [0, 0.05) is 8.73 Å². The normalized spacial score (nSPS) is 30.0. The van der Waals surface area contributed by atoms with Crippen LogP contribution in [0.5, 0.6) is 0 Å². The smallest absolute Gasteiger partial charge is 0.101 e. The zero-order chi connectivity index (χ0) is 2.83. The van der Waals surface area contributed by atoms with Crippen LogP contribution in [-0.4, -0.2) is 6.35 Å². The van der Waals surface area contributed by atoms with Crippen molar-refractivity contribution in [2.75, 3.05) is 6.35 Å². The summed E-state index contributed by atoms with van der Waals surface area (Å²) in [5.74, 6) is 0. The van der Waals surface area contributed by atoms with E-state index in [0.717, 1.165) is 15.1 Å². The average Bonchev–Trinajstić information content (AvgIpc) is 0.722. The Bertz CT molecular complexity index is 16.0. The maximum Gasteiger partial charge on any atom is 0.101 e. The van der Waals surface area contributed by atoms with Gasteiger partial charge in [-0.25, -0.2) is 0 Å². The first kappa shape index (κ1) is 2.58. The molecule has 1 atom stereocenters. The van der Waals surface area contributed by atoms with Crippen LogP contribution in [0.2, 0.25) is 0 Å². The Morgan fingerprint density at radius 3 is 2.25 bits per heavy atom. The third-order valence-corrected chi connectivity index (χ3v) is 0.866. The van der Waals surface area contributed by atoms with Crippen molar-refractivity contribution in [3.8, 4) is 0 Å². The van der Waals surface area contributed by atoms with Gasteiger partial charge in [0.15, 0.2) is 0 Å². The van der Waals surface area contributed by atoms with Crippen molar-refractivity contribution >= 4 is 8.73 Å². The van der Waals surface area contributed by atoms with Crippen LogP contribution in [0, 0.1) is 0 Å². The lowest BCUT2D eigenvalue weighted by atomic mass is 11.7. The summed E-state index contributed by atoms with van der Waals surface area (Å²) in [6, 6.07) is 0. The summed E-state index contributed by atoms with van der Waals surface area (Å²) in [5.41, 5.74) is 0. The van der Waals surface area contributed by atoms with Gasteiger partial charge in [-0.3, -0.25) is 4.84 Å². The fraction of sp³-hybridized carbons (Fsp3) is 1.00. The number of hydrogen-bond acceptors (Lipinski definition) is 2. The molecule has 1 N–H and O–H groups in total. The molecule has 1 rings (SSSR count). The van der Waals surface area contributed by atoms with Gasteiger partial charge >= 0.3 is 0 Å². The van der Waals surface area contributed by atoms with Gasteiger partial charge in [0.1, 0.15) is 6.35 Å². The maximum absolute atomic E-state index is 4.48. The third kappa shape index (κ3) is 0.226. The fourth-order valence-electron chi connectivity index (χ4n) is 0.0722. The first-order valence-electron chi connectivity index (χ1n) is 1.10. The van der Waals surface area contributed by atoms with E-state index in [4.69, 9.17) is 0 Å². The summed E-state index contributed by atoms with van der Waals surface area (Å²) >= 11 is 0. The molecular weight excluding hydrogens is 73.0 g/mol. The molecule has 1 unspecified atom stereocenters. The van der Waals surface area contributed by atoms with Crippen molar-refractivity contribution in [1.29, 1.82) is 0 Å². The van der Waals surface area contributed by atoms with E-state index in [9.17, 15) is 0 Å². The Kier molecular flexibility index (Phi) is 0.631. The monoisotopic (exact) mass is 77.0 g/mol. The Hall–Kier alpha value is 0.350. The molecule has 2 nitrogen and oxygen atoms in total. The van der Waals surface area contributed by atoms with Crippen LogP contribution in [0.25, 0.3) is 0 Å². The van der Waals surface area contributed by atoms with Crippen LogP contribution in [0.3, 0.4) is 0 Å². The lowest BCUT2D eigenvalue weighted by Gasteiger charge is -2.10. The molecule has 0 aromatic rings. The summed E-state index contributed by atoms with van der Waals surface area (Å²) in [6.45, 7) is 0. The molecule has 1 saturated heterocycles. The van der Waals surface area contributed by atoms with Crippen LogP contribution >= 0.6 is 8.73 Å². The topological polar surface area (TPSA) is 21.3 Å². The van der Waals surface area contributed by atoms with E-state index >= 15 is 0 Å². The van der Waals surface area contributed by atoms with Crippen LogP contribution in [0.1, 0.15) is 0 Å². The molecule has 24 valence electrons. The number of hydrogen-bond donors (Lipinski definition) is 1. The van der Waals surface area contributed by atoms with E-state index in [1.165, 1.54) is 0 Å². The van der Waals surface area contributed by atoms with E-state index in [2.05, 4.69) is 10.1 Å². The molecule has 4 heavy (non-hydrogen) atoms. The second kappa shape index (κ2) is 0.978. The molecule has 1 heterocycles. The first-order chi connectivity index (χ1) is 2.00. The molecule has 0 aliphatic carbocycles. The summed E-state index contributed by atoms with van der Waals surface area (Å²) in [5, 5.41) is 2.64. The molecule has 3 heteroatoms. The summed E-state index contributed by atoms with van der Waals surface area (Å²) < 4.78 is 0. The predicted octanol–water partition coefficient (Wildman–Crippen LogP) is 0.0722. The average molecular weight is 77.0 g/mol. The van der Waals surface area contributed by atoms with Gasteiger partial charge in [-0.2, -0.15) is 5.25 Å². The highest BCUT2D eigenvalue weighted by atomic mass is 31.1. The van der Waals surface area contributed by atoms with Gasteiger partial charge in [0.25, 0.3) is 0 Å². The van der Waals surface area contributed by atoms with E-state index in [1.807, 2.05) is 0 Å². The van der Waals surface area contributed by atoms with E-state index < -0.39 is 0 Å². The Balaban J connectivity index is 2.00. The summed E-state index contributed by atoms with van der Waals surface area (Å²) in [6.07, 6.45) is 0.917. The molecule has 0 spiro atoms. The van der Waals surface area contributed by atoms with E-state index in [1.54, 1.807) is 0 Å². The highest BCUT2D eigenvalue weighted by Crippen LogP contribution is 2.10. The van der Waals surface area contributed by atoms with Crippen LogP contribution < -0.4 is 5.25 Å². The highest BCUT2D eigenvalue weighted by Gasteiger charge is 1.92. The standard InChI is InChI=1S/CH4NOP/c1-3-2-4-1/h2,4H,1H2. The van der Waals surface area contributed by atoms with Crippen molar-refractivity contribution in [2.24, 2.45) is 0 Å². The van der Waals surface area contributed by atoms with Crippen molar-refractivity contribution in [3.05, 3.63) is 0 Å². The van der Waals surface area contributed by atoms with Crippen molar-refractivity contribution in [1.82, 2.24) is 5.25 Å². The summed E-state index contributed by atoms with van der Waals surface area (Å²) in [4.78, 5) is 4.48. The lowest BCUT2D eigenvalue weighted by molar-refractivity contribution is 0.102. The van der Waals surface area contributed by atoms with Crippen molar-refractivity contribution in [3.63, 3.8) is 0 Å². The fourth-order valence-corrected chi connectivity index (χ4v) is 0.217. The van der Waals surface area contributed by atoms with Crippen molar-refractivity contribution in [2.45, 2.75) is 0 Å². The predicted molar refractivity (Wildman–Crippen MR) is 17.4 cm³/mol. The van der Waals surface area contributed by atoms with E-state index in [0.29, 0.717) is 0 Å². The SMILES string of the molecule is C1ONP1. The molecule has 0 saturated carbocycles. The van der Waals surface area contributed by atoms with Crippen LogP contribution in [-0.2, 0) is 4.84 Å². The van der Waals surface area contributed by atoms with Gasteiger partial charge in [-0.05, 0) is 0 Å². The summed E-state index contributed by atoms with van der Waals surface area (Å²) in [7, 11) is 0.849. The zero-order valence-corrected chi connectivity index (χ0v) is 3.12. The van der Waals surface area contributed by atoms with Gasteiger partial charge in [-0.1, -0.05) is 0 Å². The molecular formula is CH4NOP. The van der Waals surface area contributed by atoms with Crippen LogP contribution in [0.15, 0.2) is 0 Å². The highest BCUT2D eigenvalue weighted by molar-refractivity contribution is 7.36. The molecule has 0 radical (unpaired) electrons. The minimum absolute atomic E-state index is 0.849. The van der Waals surface area contributed by atoms with Crippen LogP contribution in [0.4, 0.5) is 0 Å². The molecule has 0 aromatic heterocycles. The minimum atomic E-state index is 0.849. The van der Waals surface area contributed by atoms with Gasteiger partial charge in [-0.15, -0.1) is 0 Å². The molecule has 0 aromatic carbocycles. The Morgan fingerprint density at radius 1 is 2.00 bits per heavy atom. The molecule has 1 aliphatic heterocycles. The van der Waals surface area contributed by atoms with Gasteiger partial charge in [0.2, 0.25) is 0 Å². The number of nitrogens with one attached hydrogen (secondary N) is 1. The van der Waals surface area contributed by atoms with E-state index in [-0.39, 0.29) is 0 Å². The lowest BCUT2D eigenvalue weighted by Crippen LogP contribution is -2.13. The zero-order valence-electron chi connectivity index (χ0n) is 2.12. The third-order valence-electron chi connectivity index (χ3n) is 0.289. The molecule has 0 bridgehead atoms.